The standard InChI is InChI=1S/C14H22N2OS/c1-14(2,3)12(15)13(17)16-7-4-5-11(16)10-6-8-18-9-10/h6,8-9,11-12H,4-5,7,15H2,1-3H3. The molecular formula is C14H22N2OS. The average molecular weight is 266 g/mol. The van der Waals surface area contributed by atoms with Gasteiger partial charge in [0.25, 0.3) is 0 Å². The molecule has 3 nitrogen and oxygen atoms in total. The van der Waals surface area contributed by atoms with Crippen LogP contribution in [0.2, 0.25) is 0 Å². The largest absolute Gasteiger partial charge is 0.334 e. The molecule has 1 aromatic heterocycles. The van der Waals surface area contributed by atoms with Crippen LogP contribution in [0.5, 0.6) is 0 Å². The smallest absolute Gasteiger partial charge is 0.240 e. The summed E-state index contributed by atoms with van der Waals surface area (Å²) in [6.07, 6.45) is 2.13. The van der Waals surface area contributed by atoms with E-state index in [0.29, 0.717) is 0 Å². The highest BCUT2D eigenvalue weighted by molar-refractivity contribution is 7.07. The highest BCUT2D eigenvalue weighted by Gasteiger charge is 2.37. The van der Waals surface area contributed by atoms with Crippen molar-refractivity contribution in [1.29, 1.82) is 0 Å². The second kappa shape index (κ2) is 5.02. The minimum Gasteiger partial charge on any atom is -0.334 e. The summed E-state index contributed by atoms with van der Waals surface area (Å²) >= 11 is 1.68. The molecule has 1 saturated heterocycles. The van der Waals surface area contributed by atoms with Crippen molar-refractivity contribution in [3.63, 3.8) is 0 Å². The van der Waals surface area contributed by atoms with Crippen LogP contribution in [0.15, 0.2) is 16.8 Å². The monoisotopic (exact) mass is 266 g/mol. The quantitative estimate of drug-likeness (QED) is 0.894. The maximum atomic E-state index is 12.5. The van der Waals surface area contributed by atoms with Crippen molar-refractivity contribution in [3.8, 4) is 0 Å². The van der Waals surface area contributed by atoms with Crippen LogP contribution in [0, 0.1) is 5.41 Å². The van der Waals surface area contributed by atoms with Gasteiger partial charge in [-0.3, -0.25) is 4.79 Å². The van der Waals surface area contributed by atoms with Gasteiger partial charge in [-0.15, -0.1) is 0 Å². The van der Waals surface area contributed by atoms with Gasteiger partial charge in [0.05, 0.1) is 12.1 Å². The molecule has 18 heavy (non-hydrogen) atoms. The van der Waals surface area contributed by atoms with Gasteiger partial charge >= 0.3 is 0 Å². The summed E-state index contributed by atoms with van der Waals surface area (Å²) in [6.45, 7) is 6.89. The number of rotatable bonds is 2. The molecule has 2 unspecified atom stereocenters. The Morgan fingerprint density at radius 3 is 2.83 bits per heavy atom. The second-order valence-corrected chi connectivity index (χ2v) is 6.87. The summed E-state index contributed by atoms with van der Waals surface area (Å²) in [5, 5.41) is 4.21. The number of carbonyl (C=O) groups is 1. The van der Waals surface area contributed by atoms with Gasteiger partial charge in [0.15, 0.2) is 0 Å². The van der Waals surface area contributed by atoms with Crippen molar-refractivity contribution in [2.75, 3.05) is 6.54 Å². The van der Waals surface area contributed by atoms with Crippen LogP contribution in [0.1, 0.15) is 45.2 Å². The fraction of sp³-hybridized carbons (Fsp3) is 0.643. The zero-order valence-corrected chi connectivity index (χ0v) is 12.2. The summed E-state index contributed by atoms with van der Waals surface area (Å²) in [4.78, 5) is 14.5. The highest BCUT2D eigenvalue weighted by Crippen LogP contribution is 2.34. The zero-order valence-electron chi connectivity index (χ0n) is 11.3. The number of likely N-dealkylation sites (tertiary alicyclic amines) is 1. The molecule has 1 fully saturated rings. The zero-order chi connectivity index (χ0) is 13.3. The van der Waals surface area contributed by atoms with E-state index in [-0.39, 0.29) is 17.4 Å². The van der Waals surface area contributed by atoms with Gasteiger partial charge in [0.2, 0.25) is 5.91 Å². The molecule has 1 amide bonds. The van der Waals surface area contributed by atoms with Gasteiger partial charge in [0, 0.05) is 6.54 Å². The first-order valence-corrected chi connectivity index (χ1v) is 7.43. The molecule has 100 valence electrons. The molecule has 2 atom stereocenters. The fourth-order valence-corrected chi connectivity index (χ4v) is 3.10. The SMILES string of the molecule is CC(C)(C)C(N)C(=O)N1CCCC1c1ccsc1. The summed E-state index contributed by atoms with van der Waals surface area (Å²) in [7, 11) is 0. The van der Waals surface area contributed by atoms with Crippen LogP contribution in [0.25, 0.3) is 0 Å². The molecule has 0 bridgehead atoms. The molecular weight excluding hydrogens is 244 g/mol. The number of thiophene rings is 1. The highest BCUT2D eigenvalue weighted by atomic mass is 32.1. The summed E-state index contributed by atoms with van der Waals surface area (Å²) in [6, 6.07) is 1.93. The van der Waals surface area contributed by atoms with Crippen LogP contribution in [0.3, 0.4) is 0 Å². The Balaban J connectivity index is 2.15. The van der Waals surface area contributed by atoms with E-state index in [4.69, 9.17) is 5.73 Å². The topological polar surface area (TPSA) is 46.3 Å². The predicted molar refractivity (Wildman–Crippen MR) is 75.4 cm³/mol. The fourth-order valence-electron chi connectivity index (χ4n) is 2.39. The number of nitrogens with zero attached hydrogens (tertiary/aromatic N) is 1. The average Bonchev–Trinajstić information content (AvgIpc) is 2.95. The first-order valence-electron chi connectivity index (χ1n) is 6.49. The Morgan fingerprint density at radius 1 is 1.56 bits per heavy atom. The molecule has 0 spiro atoms. The lowest BCUT2D eigenvalue weighted by Crippen LogP contribution is -2.50. The van der Waals surface area contributed by atoms with Gasteiger partial charge in [0.1, 0.15) is 0 Å². The molecule has 0 saturated carbocycles. The molecule has 0 aromatic carbocycles. The number of hydrogen-bond donors (Lipinski definition) is 1. The Morgan fingerprint density at radius 2 is 2.28 bits per heavy atom. The number of carbonyl (C=O) groups excluding carboxylic acids is 1. The maximum Gasteiger partial charge on any atom is 0.240 e. The molecule has 1 aliphatic heterocycles. The van der Waals surface area contributed by atoms with Crippen molar-refractivity contribution in [2.24, 2.45) is 11.1 Å². The van der Waals surface area contributed by atoms with Gasteiger partial charge in [-0.2, -0.15) is 11.3 Å². The minimum absolute atomic E-state index is 0.0937. The van der Waals surface area contributed by atoms with Crippen LogP contribution in [0.4, 0.5) is 0 Å². The molecule has 2 rings (SSSR count). The first-order chi connectivity index (χ1) is 8.41. The lowest BCUT2D eigenvalue weighted by molar-refractivity contribution is -0.135. The third-order valence-corrected chi connectivity index (χ3v) is 4.36. The van der Waals surface area contributed by atoms with Crippen LogP contribution in [-0.2, 0) is 4.79 Å². The molecule has 4 heteroatoms. The van der Waals surface area contributed by atoms with Crippen molar-refractivity contribution < 1.29 is 4.79 Å². The van der Waals surface area contributed by atoms with E-state index in [1.807, 2.05) is 25.7 Å². The molecule has 0 radical (unpaired) electrons. The molecule has 2 N–H and O–H groups in total. The van der Waals surface area contributed by atoms with Crippen molar-refractivity contribution in [2.45, 2.75) is 45.7 Å². The van der Waals surface area contributed by atoms with Crippen LogP contribution < -0.4 is 5.73 Å². The second-order valence-electron chi connectivity index (χ2n) is 6.09. The molecule has 0 aliphatic carbocycles. The van der Waals surface area contributed by atoms with E-state index in [9.17, 15) is 4.79 Å². The summed E-state index contributed by atoms with van der Waals surface area (Å²) in [5.74, 6) is 0.0937. The lowest BCUT2D eigenvalue weighted by atomic mass is 9.86. The van der Waals surface area contributed by atoms with E-state index in [2.05, 4.69) is 16.8 Å². The Labute approximate surface area is 113 Å². The van der Waals surface area contributed by atoms with Crippen LogP contribution in [-0.4, -0.2) is 23.4 Å². The van der Waals surface area contributed by atoms with Gasteiger partial charge in [-0.05, 0) is 40.6 Å². The molecule has 1 aromatic rings. The van der Waals surface area contributed by atoms with E-state index in [0.717, 1.165) is 19.4 Å². The van der Waals surface area contributed by atoms with Gasteiger partial charge in [-0.25, -0.2) is 0 Å². The van der Waals surface area contributed by atoms with Gasteiger partial charge in [-0.1, -0.05) is 20.8 Å². The maximum absolute atomic E-state index is 12.5. The third kappa shape index (κ3) is 2.59. The Hall–Kier alpha value is -0.870. The van der Waals surface area contributed by atoms with E-state index in [1.54, 1.807) is 11.3 Å². The molecule has 2 heterocycles. The third-order valence-electron chi connectivity index (χ3n) is 3.66. The van der Waals surface area contributed by atoms with Gasteiger partial charge < -0.3 is 10.6 Å². The minimum atomic E-state index is -0.420. The van der Waals surface area contributed by atoms with E-state index >= 15 is 0 Å². The lowest BCUT2D eigenvalue weighted by Gasteiger charge is -2.33. The Bertz CT molecular complexity index is 408. The normalized spacial score (nSPS) is 22.2. The van der Waals surface area contributed by atoms with E-state index in [1.165, 1.54) is 5.56 Å². The summed E-state index contributed by atoms with van der Waals surface area (Å²) in [5.41, 5.74) is 7.18. The van der Waals surface area contributed by atoms with E-state index < -0.39 is 6.04 Å². The number of hydrogen-bond acceptors (Lipinski definition) is 3. The number of nitrogens with two attached hydrogens (primary N) is 1. The van der Waals surface area contributed by atoms with Crippen molar-refractivity contribution in [3.05, 3.63) is 22.4 Å². The first kappa shape index (κ1) is 13.6. The molecule has 1 aliphatic rings. The number of amides is 1. The summed E-state index contributed by atoms with van der Waals surface area (Å²) < 4.78 is 0. The van der Waals surface area contributed by atoms with Crippen LogP contribution >= 0.6 is 11.3 Å². The van der Waals surface area contributed by atoms with Crippen molar-refractivity contribution in [1.82, 2.24) is 4.90 Å². The Kier molecular flexibility index (Phi) is 3.78. The van der Waals surface area contributed by atoms with Crippen molar-refractivity contribution >= 4 is 17.2 Å². The predicted octanol–water partition coefficient (Wildman–Crippen LogP) is 2.79.